The zero-order valence-electron chi connectivity index (χ0n) is 13.8. The Balaban J connectivity index is 1.65. The summed E-state index contributed by atoms with van der Waals surface area (Å²) in [6.07, 6.45) is 0.235. The van der Waals surface area contributed by atoms with Crippen molar-refractivity contribution in [1.29, 1.82) is 0 Å². The van der Waals surface area contributed by atoms with Crippen LogP contribution < -0.4 is 10.1 Å². The third-order valence-electron chi connectivity index (χ3n) is 4.06. The van der Waals surface area contributed by atoms with Gasteiger partial charge in [-0.2, -0.15) is 0 Å². The van der Waals surface area contributed by atoms with Crippen molar-refractivity contribution in [3.8, 4) is 5.75 Å². The standard InChI is InChI=1S/C17H22F2N2O3/c1-12(17(2,18)19)16(23)20-13-10-21(11-13)15(22)8-9-24-14-6-4-3-5-7-14/h3-7,12-13H,8-11H2,1-2H3,(H,20,23). The van der Waals surface area contributed by atoms with E-state index in [1.807, 2.05) is 30.3 Å². The molecule has 2 amide bonds. The van der Waals surface area contributed by atoms with Crippen molar-refractivity contribution < 1.29 is 23.1 Å². The predicted molar refractivity (Wildman–Crippen MR) is 84.8 cm³/mol. The normalized spacial score (nSPS) is 16.2. The number of benzene rings is 1. The third-order valence-corrected chi connectivity index (χ3v) is 4.06. The van der Waals surface area contributed by atoms with Crippen molar-refractivity contribution in [3.63, 3.8) is 0 Å². The van der Waals surface area contributed by atoms with Gasteiger partial charge in [-0.3, -0.25) is 9.59 Å². The minimum Gasteiger partial charge on any atom is -0.493 e. The average molecular weight is 340 g/mol. The Hall–Kier alpha value is -2.18. The monoisotopic (exact) mass is 340 g/mol. The maximum Gasteiger partial charge on any atom is 0.256 e. The molecule has 1 heterocycles. The second-order valence-corrected chi connectivity index (χ2v) is 6.09. The first-order valence-corrected chi connectivity index (χ1v) is 7.91. The average Bonchev–Trinajstić information content (AvgIpc) is 2.49. The summed E-state index contributed by atoms with van der Waals surface area (Å²) in [6.45, 7) is 2.88. The smallest absolute Gasteiger partial charge is 0.256 e. The number of amides is 2. The first-order valence-electron chi connectivity index (χ1n) is 7.91. The Bertz CT molecular complexity index is 569. The third kappa shape index (κ3) is 4.91. The summed E-state index contributed by atoms with van der Waals surface area (Å²) in [6, 6.07) is 8.93. The van der Waals surface area contributed by atoms with Gasteiger partial charge >= 0.3 is 0 Å². The highest BCUT2D eigenvalue weighted by Crippen LogP contribution is 2.24. The molecule has 0 aliphatic carbocycles. The Morgan fingerprint density at radius 3 is 2.54 bits per heavy atom. The van der Waals surface area contributed by atoms with E-state index < -0.39 is 17.7 Å². The van der Waals surface area contributed by atoms with Gasteiger partial charge in [0.15, 0.2) is 0 Å². The van der Waals surface area contributed by atoms with Crippen molar-refractivity contribution in [1.82, 2.24) is 10.2 Å². The van der Waals surface area contributed by atoms with Gasteiger partial charge in [-0.05, 0) is 19.1 Å². The van der Waals surface area contributed by atoms with E-state index in [0.717, 1.165) is 6.92 Å². The highest BCUT2D eigenvalue weighted by Gasteiger charge is 2.38. The van der Waals surface area contributed by atoms with Gasteiger partial charge < -0.3 is 15.0 Å². The van der Waals surface area contributed by atoms with Crippen LogP contribution >= 0.6 is 0 Å². The van der Waals surface area contributed by atoms with Gasteiger partial charge in [-0.25, -0.2) is 8.78 Å². The van der Waals surface area contributed by atoms with Gasteiger partial charge in [-0.15, -0.1) is 0 Å². The van der Waals surface area contributed by atoms with Gasteiger partial charge in [0.05, 0.1) is 25.0 Å². The molecule has 7 heteroatoms. The SMILES string of the molecule is CC(C(=O)NC1CN(C(=O)CCOc2ccccc2)C1)C(C)(F)F. The highest BCUT2D eigenvalue weighted by molar-refractivity contribution is 5.81. The van der Waals surface area contributed by atoms with E-state index in [4.69, 9.17) is 4.74 Å². The van der Waals surface area contributed by atoms with Crippen LogP contribution in [0.4, 0.5) is 8.78 Å². The van der Waals surface area contributed by atoms with Gasteiger partial charge in [0.1, 0.15) is 5.75 Å². The molecular formula is C17H22F2N2O3. The Morgan fingerprint density at radius 1 is 1.33 bits per heavy atom. The molecule has 0 spiro atoms. The second-order valence-electron chi connectivity index (χ2n) is 6.09. The van der Waals surface area contributed by atoms with Gasteiger partial charge in [0.2, 0.25) is 11.8 Å². The lowest BCUT2D eigenvalue weighted by molar-refractivity contribution is -0.143. The molecule has 1 atom stereocenters. The lowest BCUT2D eigenvalue weighted by atomic mass is 10.0. The van der Waals surface area contributed by atoms with E-state index in [0.29, 0.717) is 18.8 Å². The molecule has 1 saturated heterocycles. The first-order chi connectivity index (χ1) is 11.3. The molecule has 24 heavy (non-hydrogen) atoms. The maximum atomic E-state index is 13.1. The van der Waals surface area contributed by atoms with Gasteiger partial charge in [0.25, 0.3) is 5.92 Å². The minimum atomic E-state index is -3.06. The van der Waals surface area contributed by atoms with E-state index in [2.05, 4.69) is 5.32 Å². The van der Waals surface area contributed by atoms with Crippen LogP contribution in [0.25, 0.3) is 0 Å². The van der Waals surface area contributed by atoms with Crippen LogP contribution in [0.2, 0.25) is 0 Å². The molecule has 1 unspecified atom stereocenters. The molecule has 1 aliphatic heterocycles. The lowest BCUT2D eigenvalue weighted by Crippen LogP contribution is -2.62. The number of likely N-dealkylation sites (tertiary alicyclic amines) is 1. The van der Waals surface area contributed by atoms with Gasteiger partial charge in [-0.1, -0.05) is 18.2 Å². The Morgan fingerprint density at radius 2 is 1.96 bits per heavy atom. The van der Waals surface area contributed by atoms with Crippen molar-refractivity contribution in [2.45, 2.75) is 32.2 Å². The summed E-state index contributed by atoms with van der Waals surface area (Å²) in [4.78, 5) is 25.2. The fourth-order valence-corrected chi connectivity index (χ4v) is 2.26. The fourth-order valence-electron chi connectivity index (χ4n) is 2.26. The molecule has 0 aromatic heterocycles. The number of ether oxygens (including phenoxy) is 1. The molecule has 0 radical (unpaired) electrons. The molecule has 5 nitrogen and oxygen atoms in total. The van der Waals surface area contributed by atoms with E-state index in [9.17, 15) is 18.4 Å². The number of alkyl halides is 2. The number of nitrogens with zero attached hydrogens (tertiary/aromatic N) is 1. The van der Waals surface area contributed by atoms with E-state index in [-0.39, 0.29) is 25.0 Å². The van der Waals surface area contributed by atoms with Crippen LogP contribution in [0.15, 0.2) is 30.3 Å². The van der Waals surface area contributed by atoms with Crippen LogP contribution in [0.3, 0.4) is 0 Å². The molecule has 1 N–H and O–H groups in total. The molecule has 0 bridgehead atoms. The molecular weight excluding hydrogens is 318 g/mol. The zero-order valence-corrected chi connectivity index (χ0v) is 13.8. The number of carbonyl (C=O) groups is 2. The van der Waals surface area contributed by atoms with Crippen molar-refractivity contribution in [3.05, 3.63) is 30.3 Å². The number of rotatable bonds is 7. The summed E-state index contributed by atoms with van der Waals surface area (Å²) in [5.41, 5.74) is 0. The summed E-state index contributed by atoms with van der Waals surface area (Å²) < 4.78 is 31.6. The largest absolute Gasteiger partial charge is 0.493 e. The van der Waals surface area contributed by atoms with Gasteiger partial charge in [0, 0.05) is 20.0 Å². The second kappa shape index (κ2) is 7.59. The molecule has 1 aromatic rings. The van der Waals surface area contributed by atoms with Crippen LogP contribution in [0.5, 0.6) is 5.75 Å². The molecule has 1 fully saturated rings. The van der Waals surface area contributed by atoms with Crippen molar-refractivity contribution >= 4 is 11.8 Å². The summed E-state index contributed by atoms with van der Waals surface area (Å²) in [5, 5.41) is 2.55. The highest BCUT2D eigenvalue weighted by atomic mass is 19.3. The zero-order chi connectivity index (χ0) is 17.7. The Kier molecular flexibility index (Phi) is 5.75. The molecule has 1 aromatic carbocycles. The van der Waals surface area contributed by atoms with Crippen molar-refractivity contribution in [2.24, 2.45) is 5.92 Å². The fraction of sp³-hybridized carbons (Fsp3) is 0.529. The van der Waals surface area contributed by atoms with Crippen LogP contribution in [-0.2, 0) is 9.59 Å². The number of carbonyl (C=O) groups excluding carboxylic acids is 2. The van der Waals surface area contributed by atoms with Crippen molar-refractivity contribution in [2.75, 3.05) is 19.7 Å². The van der Waals surface area contributed by atoms with Crippen LogP contribution in [-0.4, -0.2) is 48.4 Å². The van der Waals surface area contributed by atoms with Crippen LogP contribution in [0, 0.1) is 5.92 Å². The number of para-hydroxylation sites is 1. The molecule has 132 valence electrons. The number of hydrogen-bond donors (Lipinski definition) is 1. The lowest BCUT2D eigenvalue weighted by Gasteiger charge is -2.40. The summed E-state index contributed by atoms with van der Waals surface area (Å²) >= 11 is 0. The number of nitrogens with one attached hydrogen (secondary N) is 1. The van der Waals surface area contributed by atoms with E-state index in [1.165, 1.54) is 6.92 Å². The molecule has 0 saturated carbocycles. The number of hydrogen-bond acceptors (Lipinski definition) is 3. The first kappa shape index (κ1) is 18.2. The van der Waals surface area contributed by atoms with E-state index in [1.54, 1.807) is 4.90 Å². The summed E-state index contributed by atoms with van der Waals surface area (Å²) in [7, 11) is 0. The quantitative estimate of drug-likeness (QED) is 0.827. The minimum absolute atomic E-state index is 0.0784. The predicted octanol–water partition coefficient (Wildman–Crippen LogP) is 2.07. The molecule has 2 rings (SSSR count). The summed E-state index contributed by atoms with van der Waals surface area (Å²) in [5.74, 6) is -4.51. The maximum absolute atomic E-state index is 13.1. The number of halogens is 2. The Labute approximate surface area is 140 Å². The molecule has 1 aliphatic rings. The van der Waals surface area contributed by atoms with Crippen LogP contribution in [0.1, 0.15) is 20.3 Å². The van der Waals surface area contributed by atoms with E-state index >= 15 is 0 Å². The topological polar surface area (TPSA) is 58.6 Å².